The lowest BCUT2D eigenvalue weighted by Crippen LogP contribution is -2.27. The summed E-state index contributed by atoms with van der Waals surface area (Å²) in [6.07, 6.45) is 0. The molecule has 3 aromatic carbocycles. The smallest absolute Gasteiger partial charge is 0.273 e. The Hall–Kier alpha value is -3.65. The average molecular weight is 433 g/mol. The Morgan fingerprint density at radius 1 is 1.10 bits per heavy atom. The van der Waals surface area contributed by atoms with Crippen LogP contribution in [0.2, 0.25) is 0 Å². The van der Waals surface area contributed by atoms with Crippen LogP contribution in [0.4, 0.5) is 17.1 Å². The molecule has 1 atom stereocenters. The van der Waals surface area contributed by atoms with Crippen LogP contribution >= 0.6 is 11.8 Å². The van der Waals surface area contributed by atoms with E-state index in [0.29, 0.717) is 17.0 Å². The van der Waals surface area contributed by atoms with Crippen molar-refractivity contribution in [2.75, 3.05) is 16.0 Å². The molecule has 1 N–H and O–H groups in total. The van der Waals surface area contributed by atoms with E-state index in [0.717, 1.165) is 11.3 Å². The summed E-state index contributed by atoms with van der Waals surface area (Å²) >= 11 is 1.55. The van der Waals surface area contributed by atoms with Crippen LogP contribution in [0.1, 0.15) is 26.9 Å². The number of rotatable bonds is 5. The standard InChI is InChI=1S/C23H19N3O4S/c1-15-7-8-17(13-20(15)26(29)30)22(28)24-18-11-9-16(10-12-18)23-25(21(27)14-31-23)19-5-3-2-4-6-19/h2-13,23H,14H2,1H3,(H,24,28)/t23-/m0/s1. The van der Waals surface area contributed by atoms with Crippen molar-refractivity contribution in [2.45, 2.75) is 12.3 Å². The third-order valence-corrected chi connectivity index (χ3v) is 6.24. The highest BCUT2D eigenvalue weighted by molar-refractivity contribution is 8.00. The summed E-state index contributed by atoms with van der Waals surface area (Å²) in [4.78, 5) is 37.4. The van der Waals surface area contributed by atoms with Gasteiger partial charge in [0.05, 0.1) is 10.7 Å². The topological polar surface area (TPSA) is 92.6 Å². The molecule has 0 aliphatic carbocycles. The Labute approximate surface area is 183 Å². The lowest BCUT2D eigenvalue weighted by atomic mass is 10.1. The highest BCUT2D eigenvalue weighted by Crippen LogP contribution is 2.41. The monoisotopic (exact) mass is 433 g/mol. The van der Waals surface area contributed by atoms with Gasteiger partial charge in [-0.25, -0.2) is 0 Å². The molecule has 0 radical (unpaired) electrons. The Balaban J connectivity index is 1.51. The molecule has 7 nitrogen and oxygen atoms in total. The average Bonchev–Trinajstić information content (AvgIpc) is 3.16. The molecule has 0 saturated carbocycles. The largest absolute Gasteiger partial charge is 0.322 e. The molecular weight excluding hydrogens is 414 g/mol. The van der Waals surface area contributed by atoms with Crippen LogP contribution in [0.15, 0.2) is 72.8 Å². The molecule has 0 bridgehead atoms. The van der Waals surface area contributed by atoms with Crippen LogP contribution in [0, 0.1) is 17.0 Å². The van der Waals surface area contributed by atoms with Gasteiger partial charge in [-0.05, 0) is 42.8 Å². The van der Waals surface area contributed by atoms with Crippen molar-refractivity contribution in [3.63, 3.8) is 0 Å². The SMILES string of the molecule is Cc1ccc(C(=O)Nc2ccc([C@@H]3SCC(=O)N3c3ccccc3)cc2)cc1[N+](=O)[O-]. The Morgan fingerprint density at radius 3 is 2.48 bits per heavy atom. The zero-order valence-electron chi connectivity index (χ0n) is 16.6. The maximum atomic E-state index is 12.5. The molecule has 2 amide bonds. The highest BCUT2D eigenvalue weighted by Gasteiger charge is 2.33. The zero-order chi connectivity index (χ0) is 22.0. The molecule has 0 unspecified atom stereocenters. The Morgan fingerprint density at radius 2 is 1.81 bits per heavy atom. The van der Waals surface area contributed by atoms with Gasteiger partial charge < -0.3 is 5.32 Å². The minimum Gasteiger partial charge on any atom is -0.322 e. The summed E-state index contributed by atoms with van der Waals surface area (Å²) in [5.74, 6) is 0.0382. The van der Waals surface area contributed by atoms with Crippen LogP contribution in [0.25, 0.3) is 0 Å². The minimum absolute atomic E-state index is 0.0551. The highest BCUT2D eigenvalue weighted by atomic mass is 32.2. The van der Waals surface area contributed by atoms with Gasteiger partial charge in [0.25, 0.3) is 11.6 Å². The Kier molecular flexibility index (Phi) is 5.73. The fourth-order valence-corrected chi connectivity index (χ4v) is 4.60. The molecule has 1 saturated heterocycles. The predicted molar refractivity (Wildman–Crippen MR) is 121 cm³/mol. The minimum atomic E-state index is -0.500. The third kappa shape index (κ3) is 4.29. The zero-order valence-corrected chi connectivity index (χ0v) is 17.5. The number of hydrogen-bond acceptors (Lipinski definition) is 5. The first-order valence-electron chi connectivity index (χ1n) is 9.59. The Bertz CT molecular complexity index is 1150. The molecule has 0 aromatic heterocycles. The maximum Gasteiger partial charge on any atom is 0.273 e. The van der Waals surface area contributed by atoms with Crippen LogP contribution in [-0.2, 0) is 4.79 Å². The summed E-state index contributed by atoms with van der Waals surface area (Å²) in [5.41, 5.74) is 2.99. The summed E-state index contributed by atoms with van der Waals surface area (Å²) in [6, 6.07) is 21.2. The van der Waals surface area contributed by atoms with E-state index in [1.807, 2.05) is 42.5 Å². The second-order valence-electron chi connectivity index (χ2n) is 7.10. The molecule has 1 aliphatic heterocycles. The van der Waals surface area contributed by atoms with E-state index in [2.05, 4.69) is 5.32 Å². The van der Waals surface area contributed by atoms with E-state index in [1.165, 1.54) is 6.07 Å². The number of nitrogens with zero attached hydrogens (tertiary/aromatic N) is 2. The number of anilines is 2. The van der Waals surface area contributed by atoms with Gasteiger partial charge in [-0.1, -0.05) is 36.4 Å². The van der Waals surface area contributed by atoms with Crippen molar-refractivity contribution in [3.05, 3.63) is 99.6 Å². The van der Waals surface area contributed by atoms with Crippen molar-refractivity contribution < 1.29 is 14.5 Å². The number of amides is 2. The van der Waals surface area contributed by atoms with Crippen LogP contribution in [-0.4, -0.2) is 22.5 Å². The van der Waals surface area contributed by atoms with Crippen molar-refractivity contribution in [2.24, 2.45) is 0 Å². The van der Waals surface area contributed by atoms with Crippen molar-refractivity contribution in [1.82, 2.24) is 0 Å². The van der Waals surface area contributed by atoms with E-state index >= 15 is 0 Å². The third-order valence-electron chi connectivity index (χ3n) is 5.02. The van der Waals surface area contributed by atoms with Gasteiger partial charge in [-0.3, -0.25) is 24.6 Å². The van der Waals surface area contributed by atoms with Gasteiger partial charge in [-0.2, -0.15) is 0 Å². The van der Waals surface area contributed by atoms with Gasteiger partial charge in [0.15, 0.2) is 0 Å². The van der Waals surface area contributed by atoms with Crippen molar-refractivity contribution in [1.29, 1.82) is 0 Å². The van der Waals surface area contributed by atoms with Gasteiger partial charge in [0.1, 0.15) is 5.37 Å². The summed E-state index contributed by atoms with van der Waals surface area (Å²) in [6.45, 7) is 1.63. The number of thioether (sulfide) groups is 1. The maximum absolute atomic E-state index is 12.5. The lowest BCUT2D eigenvalue weighted by Gasteiger charge is -2.24. The molecule has 156 valence electrons. The number of carbonyl (C=O) groups excluding carboxylic acids is 2. The van der Waals surface area contributed by atoms with E-state index in [4.69, 9.17) is 0 Å². The van der Waals surface area contributed by atoms with Gasteiger partial charge in [-0.15, -0.1) is 11.8 Å². The molecule has 3 aromatic rings. The molecule has 0 spiro atoms. The summed E-state index contributed by atoms with van der Waals surface area (Å²) in [5, 5.41) is 13.7. The number of nitrogens with one attached hydrogen (secondary N) is 1. The lowest BCUT2D eigenvalue weighted by molar-refractivity contribution is -0.385. The molecule has 1 fully saturated rings. The molecular formula is C23H19N3O4S. The van der Waals surface area contributed by atoms with E-state index in [1.54, 1.807) is 47.9 Å². The first kappa shape index (κ1) is 20.6. The van der Waals surface area contributed by atoms with Crippen molar-refractivity contribution >= 4 is 40.6 Å². The number of carbonyl (C=O) groups is 2. The second kappa shape index (κ2) is 8.61. The molecule has 4 rings (SSSR count). The number of aryl methyl sites for hydroxylation is 1. The predicted octanol–water partition coefficient (Wildman–Crippen LogP) is 4.93. The number of hydrogen-bond donors (Lipinski definition) is 1. The van der Waals surface area contributed by atoms with E-state index < -0.39 is 10.8 Å². The van der Waals surface area contributed by atoms with Gasteiger partial charge in [0, 0.05) is 28.6 Å². The quantitative estimate of drug-likeness (QED) is 0.455. The van der Waals surface area contributed by atoms with Gasteiger partial charge in [0.2, 0.25) is 5.91 Å². The van der Waals surface area contributed by atoms with Gasteiger partial charge >= 0.3 is 0 Å². The van der Waals surface area contributed by atoms with Crippen LogP contribution in [0.5, 0.6) is 0 Å². The number of benzene rings is 3. The van der Waals surface area contributed by atoms with E-state index in [9.17, 15) is 19.7 Å². The van der Waals surface area contributed by atoms with Crippen molar-refractivity contribution in [3.8, 4) is 0 Å². The molecule has 31 heavy (non-hydrogen) atoms. The number of para-hydroxylation sites is 1. The molecule has 1 aliphatic rings. The first-order valence-corrected chi connectivity index (χ1v) is 10.6. The van der Waals surface area contributed by atoms with Crippen LogP contribution < -0.4 is 10.2 Å². The summed E-state index contributed by atoms with van der Waals surface area (Å²) in [7, 11) is 0. The number of nitro benzene ring substituents is 1. The second-order valence-corrected chi connectivity index (χ2v) is 8.17. The summed E-state index contributed by atoms with van der Waals surface area (Å²) < 4.78 is 0. The van der Waals surface area contributed by atoms with E-state index in [-0.39, 0.29) is 22.5 Å². The first-order chi connectivity index (χ1) is 14.9. The normalized spacial score (nSPS) is 15.7. The molecule has 1 heterocycles. The van der Waals surface area contributed by atoms with Crippen LogP contribution in [0.3, 0.4) is 0 Å². The fraction of sp³-hybridized carbons (Fsp3) is 0.130. The number of nitro groups is 1. The fourth-order valence-electron chi connectivity index (χ4n) is 3.42. The molecule has 8 heteroatoms.